The van der Waals surface area contributed by atoms with Crippen molar-refractivity contribution in [2.24, 2.45) is 0 Å². The molecule has 1 fully saturated rings. The van der Waals surface area contributed by atoms with E-state index in [1.807, 2.05) is 6.92 Å². The number of Topliss-reactive ketones (excluding diaryl/α,β-unsaturated/α-hetero) is 1. The Morgan fingerprint density at radius 3 is 2.42 bits per heavy atom. The molecule has 9 heteroatoms. The number of nitrogens with zero attached hydrogens (tertiary/aromatic N) is 2. The first kappa shape index (κ1) is 22.3. The average molecular weight is 467 g/mol. The molecule has 1 aliphatic rings. The topological polar surface area (TPSA) is 98.2 Å². The van der Waals surface area contributed by atoms with Crippen molar-refractivity contribution >= 4 is 33.9 Å². The molecule has 1 amide bonds. The van der Waals surface area contributed by atoms with Crippen LogP contribution in [0.1, 0.15) is 24.1 Å². The van der Waals surface area contributed by atoms with E-state index in [4.69, 9.17) is 14.2 Å². The van der Waals surface area contributed by atoms with E-state index >= 15 is 0 Å². The Balaban J connectivity index is 1.89. The fourth-order valence-corrected chi connectivity index (χ4v) is 4.40. The highest BCUT2D eigenvalue weighted by Gasteiger charge is 2.48. The van der Waals surface area contributed by atoms with Gasteiger partial charge in [0.2, 0.25) is 0 Å². The first-order chi connectivity index (χ1) is 16.0. The number of carbonyl (C=O) groups is 2. The summed E-state index contributed by atoms with van der Waals surface area (Å²) >= 11 is 1.22. The van der Waals surface area contributed by atoms with Crippen molar-refractivity contribution in [2.75, 3.05) is 25.7 Å². The highest BCUT2D eigenvalue weighted by atomic mass is 32.1. The Labute approximate surface area is 194 Å². The minimum atomic E-state index is -0.900. The Kier molecular flexibility index (Phi) is 6.32. The predicted octanol–water partition coefficient (Wildman–Crippen LogP) is 4.19. The van der Waals surface area contributed by atoms with E-state index in [1.54, 1.807) is 54.0 Å². The number of methoxy groups -OCH3 is 2. The van der Waals surface area contributed by atoms with Crippen LogP contribution in [0.25, 0.3) is 5.76 Å². The molecule has 0 spiro atoms. The fourth-order valence-electron chi connectivity index (χ4n) is 3.73. The quantitative estimate of drug-likeness (QED) is 0.317. The third-order valence-electron chi connectivity index (χ3n) is 5.23. The summed E-state index contributed by atoms with van der Waals surface area (Å²) in [5.41, 5.74) is 0.919. The van der Waals surface area contributed by atoms with Gasteiger partial charge in [0, 0.05) is 17.1 Å². The molecule has 0 bridgehead atoms. The van der Waals surface area contributed by atoms with Crippen LogP contribution < -0.4 is 19.1 Å². The minimum Gasteiger partial charge on any atom is -0.507 e. The van der Waals surface area contributed by atoms with E-state index in [9.17, 15) is 14.7 Å². The van der Waals surface area contributed by atoms with E-state index in [1.165, 1.54) is 30.5 Å². The summed E-state index contributed by atoms with van der Waals surface area (Å²) in [6, 6.07) is 10.9. The zero-order valence-corrected chi connectivity index (χ0v) is 19.1. The van der Waals surface area contributed by atoms with Crippen LogP contribution in [0, 0.1) is 0 Å². The molecule has 4 rings (SSSR count). The Morgan fingerprint density at radius 1 is 1.09 bits per heavy atom. The molecular formula is C24H22N2O6S. The lowest BCUT2D eigenvalue weighted by atomic mass is 9.95. The third-order valence-corrected chi connectivity index (χ3v) is 6.00. The number of hydrogen-bond donors (Lipinski definition) is 1. The standard InChI is InChI=1S/C24H22N2O6S/c1-4-32-16-8-5-14(6-9-16)21(27)19-20(15-7-10-17(30-2)18(13-15)31-3)26(23(29)22(19)28)24-25-11-12-33-24/h5-13,20,27H,4H2,1-3H3. The molecule has 1 aliphatic heterocycles. The molecule has 2 aromatic carbocycles. The van der Waals surface area contributed by atoms with Crippen LogP contribution in [-0.2, 0) is 9.59 Å². The van der Waals surface area contributed by atoms with Crippen LogP contribution in [0.4, 0.5) is 5.13 Å². The van der Waals surface area contributed by atoms with Crippen molar-refractivity contribution in [2.45, 2.75) is 13.0 Å². The van der Waals surface area contributed by atoms with Gasteiger partial charge in [-0.25, -0.2) is 4.98 Å². The van der Waals surface area contributed by atoms with Crippen molar-refractivity contribution < 1.29 is 28.9 Å². The normalized spacial score (nSPS) is 17.3. The van der Waals surface area contributed by atoms with Crippen LogP contribution in [0.15, 0.2) is 59.6 Å². The van der Waals surface area contributed by atoms with Gasteiger partial charge in [-0.05, 0) is 48.9 Å². The Hall–Kier alpha value is -3.85. The molecule has 8 nitrogen and oxygen atoms in total. The van der Waals surface area contributed by atoms with Crippen LogP contribution in [-0.4, -0.2) is 42.6 Å². The third kappa shape index (κ3) is 4.03. The monoisotopic (exact) mass is 466 g/mol. The van der Waals surface area contributed by atoms with Crippen molar-refractivity contribution in [3.63, 3.8) is 0 Å². The number of aromatic nitrogens is 1. The summed E-state index contributed by atoms with van der Waals surface area (Å²) in [6.45, 7) is 2.38. The van der Waals surface area contributed by atoms with E-state index in [0.29, 0.717) is 40.1 Å². The zero-order valence-electron chi connectivity index (χ0n) is 18.3. The van der Waals surface area contributed by atoms with Crippen LogP contribution >= 0.6 is 11.3 Å². The van der Waals surface area contributed by atoms with E-state index in [0.717, 1.165) is 0 Å². The first-order valence-electron chi connectivity index (χ1n) is 10.2. The van der Waals surface area contributed by atoms with Gasteiger partial charge in [0.15, 0.2) is 16.6 Å². The molecule has 0 aliphatic carbocycles. The van der Waals surface area contributed by atoms with Gasteiger partial charge in [0.1, 0.15) is 11.5 Å². The van der Waals surface area contributed by atoms with Gasteiger partial charge < -0.3 is 19.3 Å². The summed E-state index contributed by atoms with van der Waals surface area (Å²) in [5.74, 6) is -0.280. The van der Waals surface area contributed by atoms with E-state index in [-0.39, 0.29) is 11.3 Å². The zero-order chi connectivity index (χ0) is 23.5. The second-order valence-electron chi connectivity index (χ2n) is 7.06. The number of carbonyl (C=O) groups excluding carboxylic acids is 2. The maximum atomic E-state index is 13.1. The van der Waals surface area contributed by atoms with Gasteiger partial charge in [-0.2, -0.15) is 0 Å². The average Bonchev–Trinajstić information content (AvgIpc) is 3.45. The SMILES string of the molecule is CCOc1ccc(C(O)=C2C(=O)C(=O)N(c3nccs3)C2c2ccc(OC)c(OC)c2)cc1. The molecule has 170 valence electrons. The molecule has 0 saturated carbocycles. The molecule has 3 aromatic rings. The minimum absolute atomic E-state index is 0.0356. The molecule has 1 N–H and O–H groups in total. The van der Waals surface area contributed by atoms with E-state index in [2.05, 4.69) is 4.98 Å². The number of rotatable bonds is 7. The summed E-state index contributed by atoms with van der Waals surface area (Å²) in [6.07, 6.45) is 1.55. The smallest absolute Gasteiger partial charge is 0.301 e. The van der Waals surface area contributed by atoms with Crippen molar-refractivity contribution in [1.29, 1.82) is 0 Å². The second-order valence-corrected chi connectivity index (χ2v) is 7.93. The lowest BCUT2D eigenvalue weighted by molar-refractivity contribution is -0.132. The number of anilines is 1. The summed E-state index contributed by atoms with van der Waals surface area (Å²) in [7, 11) is 3.02. The summed E-state index contributed by atoms with van der Waals surface area (Å²) in [5, 5.41) is 13.2. The molecule has 1 saturated heterocycles. The van der Waals surface area contributed by atoms with Gasteiger partial charge in [-0.1, -0.05) is 6.07 Å². The van der Waals surface area contributed by atoms with Gasteiger partial charge in [-0.15, -0.1) is 11.3 Å². The van der Waals surface area contributed by atoms with Gasteiger partial charge >= 0.3 is 5.91 Å². The number of aliphatic hydroxyl groups is 1. The highest BCUT2D eigenvalue weighted by molar-refractivity contribution is 7.14. The lowest BCUT2D eigenvalue weighted by Gasteiger charge is -2.23. The van der Waals surface area contributed by atoms with Crippen LogP contribution in [0.3, 0.4) is 0 Å². The predicted molar refractivity (Wildman–Crippen MR) is 124 cm³/mol. The van der Waals surface area contributed by atoms with Crippen molar-refractivity contribution in [3.05, 3.63) is 70.7 Å². The molecular weight excluding hydrogens is 444 g/mol. The van der Waals surface area contributed by atoms with Crippen LogP contribution in [0.2, 0.25) is 0 Å². The van der Waals surface area contributed by atoms with Crippen LogP contribution in [0.5, 0.6) is 17.2 Å². The lowest BCUT2D eigenvalue weighted by Crippen LogP contribution is -2.29. The molecule has 1 unspecified atom stereocenters. The van der Waals surface area contributed by atoms with E-state index < -0.39 is 17.7 Å². The second kappa shape index (κ2) is 9.33. The van der Waals surface area contributed by atoms with Crippen molar-refractivity contribution in [3.8, 4) is 17.2 Å². The highest BCUT2D eigenvalue weighted by Crippen LogP contribution is 2.44. The maximum absolute atomic E-state index is 13.1. The number of ether oxygens (including phenoxy) is 3. The first-order valence-corrected chi connectivity index (χ1v) is 11.0. The summed E-state index contributed by atoms with van der Waals surface area (Å²) < 4.78 is 16.2. The molecule has 0 radical (unpaired) electrons. The maximum Gasteiger partial charge on any atom is 0.301 e. The molecule has 33 heavy (non-hydrogen) atoms. The Morgan fingerprint density at radius 2 is 1.82 bits per heavy atom. The molecule has 2 heterocycles. The van der Waals surface area contributed by atoms with Gasteiger partial charge in [-0.3, -0.25) is 14.5 Å². The molecule has 1 atom stereocenters. The number of benzene rings is 2. The van der Waals surface area contributed by atoms with Gasteiger partial charge in [0.25, 0.3) is 5.78 Å². The van der Waals surface area contributed by atoms with Gasteiger partial charge in [0.05, 0.1) is 32.4 Å². The number of ketones is 1. The fraction of sp³-hybridized carbons (Fsp3) is 0.208. The summed E-state index contributed by atoms with van der Waals surface area (Å²) in [4.78, 5) is 31.7. The molecule has 1 aromatic heterocycles. The Bertz CT molecular complexity index is 1200. The number of hydrogen-bond acceptors (Lipinski definition) is 8. The number of amides is 1. The number of thiazole rings is 1. The van der Waals surface area contributed by atoms with Crippen molar-refractivity contribution in [1.82, 2.24) is 4.98 Å². The number of aliphatic hydroxyl groups excluding tert-OH is 1. The largest absolute Gasteiger partial charge is 0.507 e.